The number of rotatable bonds is 7. The molecule has 0 aromatic heterocycles. The number of nitrogens with one attached hydrogen (secondary N) is 1. The van der Waals surface area contributed by atoms with Gasteiger partial charge in [0.1, 0.15) is 23.2 Å². The summed E-state index contributed by atoms with van der Waals surface area (Å²) in [5.41, 5.74) is 5.09. The van der Waals surface area contributed by atoms with Crippen LogP contribution in [-0.4, -0.2) is 30.1 Å². The molecule has 0 fully saturated rings. The van der Waals surface area contributed by atoms with Crippen LogP contribution in [0.25, 0.3) is 0 Å². The minimum atomic E-state index is -0.768. The van der Waals surface area contributed by atoms with Crippen molar-refractivity contribution < 1.29 is 13.9 Å². The van der Waals surface area contributed by atoms with Crippen LogP contribution in [0.1, 0.15) is 32.3 Å². The third-order valence-corrected chi connectivity index (χ3v) is 3.34. The van der Waals surface area contributed by atoms with Crippen molar-refractivity contribution in [3.8, 4) is 0 Å². The van der Waals surface area contributed by atoms with E-state index < -0.39 is 11.6 Å². The van der Waals surface area contributed by atoms with Crippen LogP contribution in [0.3, 0.4) is 0 Å². The molecule has 0 aliphatic carbocycles. The van der Waals surface area contributed by atoms with Crippen molar-refractivity contribution >= 4 is 11.5 Å². The second-order valence-electron chi connectivity index (χ2n) is 4.59. The lowest BCUT2D eigenvalue weighted by Crippen LogP contribution is -2.38. The lowest BCUT2D eigenvalue weighted by Gasteiger charge is -2.32. The maximum absolute atomic E-state index is 14.2. The number of aliphatic hydroxyl groups is 1. The molecule has 1 rings (SSSR count). The number of halogens is 2. The number of benzene rings is 1. The first-order valence-electron chi connectivity index (χ1n) is 6.67. The Balaban J connectivity index is 3.29. The summed E-state index contributed by atoms with van der Waals surface area (Å²) < 4.78 is 28.3. The topological polar surface area (TPSA) is 73.3 Å². The Hall–Kier alpha value is -1.69. The van der Waals surface area contributed by atoms with Gasteiger partial charge in [-0.3, -0.25) is 5.41 Å². The fraction of sp³-hybridized carbons (Fsp3) is 0.500. The molecule has 0 bridgehead atoms. The van der Waals surface area contributed by atoms with Crippen LogP contribution in [0.4, 0.5) is 14.5 Å². The van der Waals surface area contributed by atoms with E-state index >= 15 is 0 Å². The van der Waals surface area contributed by atoms with Gasteiger partial charge in [0.15, 0.2) is 0 Å². The van der Waals surface area contributed by atoms with Crippen LogP contribution in [-0.2, 0) is 0 Å². The largest absolute Gasteiger partial charge is 0.395 e. The summed E-state index contributed by atoms with van der Waals surface area (Å²) in [5.74, 6) is -1.92. The summed E-state index contributed by atoms with van der Waals surface area (Å²) in [4.78, 5) is 1.54. The number of nitrogens with two attached hydrogens (primary N) is 1. The van der Waals surface area contributed by atoms with Crippen molar-refractivity contribution in [1.82, 2.24) is 0 Å². The SMILES string of the molecule is CCC(CC)N(CCO)c1c(F)cc(C(=N)N)cc1F. The van der Waals surface area contributed by atoms with E-state index in [1.54, 1.807) is 0 Å². The van der Waals surface area contributed by atoms with Gasteiger partial charge in [-0.2, -0.15) is 0 Å². The number of hydrogen-bond acceptors (Lipinski definition) is 3. The molecule has 112 valence electrons. The zero-order valence-electron chi connectivity index (χ0n) is 11.8. The van der Waals surface area contributed by atoms with E-state index in [1.165, 1.54) is 4.90 Å². The Morgan fingerprint density at radius 1 is 1.30 bits per heavy atom. The van der Waals surface area contributed by atoms with E-state index in [9.17, 15) is 8.78 Å². The highest BCUT2D eigenvalue weighted by molar-refractivity contribution is 5.95. The molecule has 1 aromatic carbocycles. The fourth-order valence-corrected chi connectivity index (χ4v) is 2.31. The molecule has 0 amide bonds. The summed E-state index contributed by atoms with van der Waals surface area (Å²) in [6.45, 7) is 3.82. The third kappa shape index (κ3) is 3.45. The highest BCUT2D eigenvalue weighted by Crippen LogP contribution is 2.28. The average Bonchev–Trinajstić information content (AvgIpc) is 2.39. The van der Waals surface area contributed by atoms with Gasteiger partial charge in [0.25, 0.3) is 0 Å². The first kappa shape index (κ1) is 16.4. The standard InChI is InChI=1S/C14H21F2N3O/c1-3-10(4-2)19(5-6-20)13-11(15)7-9(14(17)18)8-12(13)16/h7-8,10,20H,3-6H2,1-2H3,(H3,17,18). The Labute approximate surface area is 117 Å². The Morgan fingerprint density at radius 3 is 2.15 bits per heavy atom. The smallest absolute Gasteiger partial charge is 0.150 e. The summed E-state index contributed by atoms with van der Waals surface area (Å²) in [5, 5.41) is 16.4. The molecular weight excluding hydrogens is 264 g/mol. The van der Waals surface area contributed by atoms with Gasteiger partial charge < -0.3 is 15.7 Å². The first-order chi connectivity index (χ1) is 9.46. The van der Waals surface area contributed by atoms with Gasteiger partial charge in [0.2, 0.25) is 0 Å². The molecular formula is C14H21F2N3O. The normalized spacial score (nSPS) is 10.9. The second kappa shape index (κ2) is 7.19. The third-order valence-electron chi connectivity index (χ3n) is 3.34. The first-order valence-corrected chi connectivity index (χ1v) is 6.67. The number of anilines is 1. The van der Waals surface area contributed by atoms with Gasteiger partial charge >= 0.3 is 0 Å². The number of aliphatic hydroxyl groups excluding tert-OH is 1. The lowest BCUT2D eigenvalue weighted by molar-refractivity contribution is 0.294. The summed E-state index contributed by atoms with van der Waals surface area (Å²) >= 11 is 0. The van der Waals surface area contributed by atoms with Gasteiger partial charge in [-0.25, -0.2) is 8.78 Å². The number of nitrogens with zero attached hydrogens (tertiary/aromatic N) is 1. The van der Waals surface area contributed by atoms with Crippen LogP contribution in [0, 0.1) is 17.0 Å². The number of nitrogen functional groups attached to an aromatic ring is 1. The molecule has 0 unspecified atom stereocenters. The summed E-state index contributed by atoms with van der Waals surface area (Å²) in [7, 11) is 0. The molecule has 0 heterocycles. The molecule has 0 atom stereocenters. The number of amidine groups is 1. The molecule has 0 radical (unpaired) electrons. The maximum atomic E-state index is 14.2. The molecule has 4 nitrogen and oxygen atoms in total. The average molecular weight is 285 g/mol. The minimum Gasteiger partial charge on any atom is -0.395 e. The van der Waals surface area contributed by atoms with Crippen LogP contribution in [0.2, 0.25) is 0 Å². The Morgan fingerprint density at radius 2 is 1.80 bits per heavy atom. The van der Waals surface area contributed by atoms with Crippen molar-refractivity contribution in [2.45, 2.75) is 32.7 Å². The van der Waals surface area contributed by atoms with Crippen molar-refractivity contribution in [3.63, 3.8) is 0 Å². The van der Waals surface area contributed by atoms with E-state index in [-0.39, 0.29) is 36.3 Å². The van der Waals surface area contributed by atoms with Gasteiger partial charge in [-0.15, -0.1) is 0 Å². The molecule has 6 heteroatoms. The quantitative estimate of drug-likeness (QED) is 0.531. The zero-order valence-corrected chi connectivity index (χ0v) is 11.8. The molecule has 0 saturated carbocycles. The van der Waals surface area contributed by atoms with Crippen molar-refractivity contribution in [2.24, 2.45) is 5.73 Å². The monoisotopic (exact) mass is 285 g/mol. The molecule has 0 spiro atoms. The fourth-order valence-electron chi connectivity index (χ4n) is 2.31. The predicted molar refractivity (Wildman–Crippen MR) is 76.2 cm³/mol. The molecule has 0 aliphatic heterocycles. The van der Waals surface area contributed by atoms with Crippen LogP contribution in [0.5, 0.6) is 0 Å². The molecule has 0 saturated heterocycles. The highest BCUT2D eigenvalue weighted by atomic mass is 19.1. The lowest BCUT2D eigenvalue weighted by atomic mass is 10.1. The van der Waals surface area contributed by atoms with Gasteiger partial charge in [-0.05, 0) is 25.0 Å². The second-order valence-corrected chi connectivity index (χ2v) is 4.59. The molecule has 20 heavy (non-hydrogen) atoms. The Bertz CT molecular complexity index is 452. The zero-order chi connectivity index (χ0) is 15.3. The molecule has 4 N–H and O–H groups in total. The van der Waals surface area contributed by atoms with E-state index in [4.69, 9.17) is 16.2 Å². The minimum absolute atomic E-state index is 0.0113. The van der Waals surface area contributed by atoms with Crippen LogP contribution >= 0.6 is 0 Å². The van der Waals surface area contributed by atoms with E-state index in [2.05, 4.69) is 0 Å². The van der Waals surface area contributed by atoms with Crippen molar-refractivity contribution in [3.05, 3.63) is 29.3 Å². The van der Waals surface area contributed by atoms with Crippen LogP contribution in [0.15, 0.2) is 12.1 Å². The Kier molecular flexibility index (Phi) is 5.88. The van der Waals surface area contributed by atoms with E-state index in [1.807, 2.05) is 13.8 Å². The number of hydrogen-bond donors (Lipinski definition) is 3. The summed E-state index contributed by atoms with van der Waals surface area (Å²) in [6.07, 6.45) is 1.42. The maximum Gasteiger partial charge on any atom is 0.150 e. The van der Waals surface area contributed by atoms with Gasteiger partial charge in [0.05, 0.1) is 6.61 Å². The van der Waals surface area contributed by atoms with Crippen LogP contribution < -0.4 is 10.6 Å². The highest BCUT2D eigenvalue weighted by Gasteiger charge is 2.23. The molecule has 0 aliphatic rings. The van der Waals surface area contributed by atoms with Crippen molar-refractivity contribution in [1.29, 1.82) is 5.41 Å². The van der Waals surface area contributed by atoms with E-state index in [0.29, 0.717) is 12.8 Å². The summed E-state index contributed by atoms with van der Waals surface area (Å²) in [6, 6.07) is 2.04. The van der Waals surface area contributed by atoms with Gasteiger partial charge in [-0.1, -0.05) is 13.8 Å². The van der Waals surface area contributed by atoms with Gasteiger partial charge in [0, 0.05) is 18.2 Å². The predicted octanol–water partition coefficient (Wildman–Crippen LogP) is 2.24. The molecule has 1 aromatic rings. The van der Waals surface area contributed by atoms with E-state index in [0.717, 1.165) is 12.1 Å². The van der Waals surface area contributed by atoms with Crippen molar-refractivity contribution in [2.75, 3.05) is 18.1 Å².